The Morgan fingerprint density at radius 3 is 2.12 bits per heavy atom. The number of hydrogen-bond donors (Lipinski definition) is 3. The van der Waals surface area contributed by atoms with Gasteiger partial charge in [0.1, 0.15) is 12.1 Å². The van der Waals surface area contributed by atoms with E-state index in [9.17, 15) is 14.4 Å². The molecule has 7 atom stereocenters. The van der Waals surface area contributed by atoms with Crippen molar-refractivity contribution in [3.05, 3.63) is 90.8 Å². The van der Waals surface area contributed by atoms with E-state index >= 15 is 0 Å². The summed E-state index contributed by atoms with van der Waals surface area (Å²) in [7, 11) is 0. The number of amides is 1. The summed E-state index contributed by atoms with van der Waals surface area (Å²) >= 11 is 0. The molecule has 3 fully saturated rings. The molecule has 0 saturated carbocycles. The van der Waals surface area contributed by atoms with Gasteiger partial charge in [-0.25, -0.2) is 9.28 Å². The van der Waals surface area contributed by atoms with Crippen molar-refractivity contribution in [2.75, 3.05) is 72.0 Å². The molecule has 2 aromatic heterocycles. The summed E-state index contributed by atoms with van der Waals surface area (Å²) in [6.07, 6.45) is 13.3. The van der Waals surface area contributed by atoms with Gasteiger partial charge in [-0.3, -0.25) is 24.3 Å². The Morgan fingerprint density at radius 2 is 1.40 bits per heavy atom. The molecule has 4 N–H and O–H groups in total. The Labute approximate surface area is 307 Å². The highest BCUT2D eigenvalue weighted by Gasteiger charge is 2.66. The Kier molecular flexibility index (Phi) is 8.66. The van der Waals surface area contributed by atoms with Crippen LogP contribution in [0.1, 0.15) is 74.9 Å². The molecular weight excluding hydrogens is 651 g/mol. The van der Waals surface area contributed by atoms with Crippen LogP contribution in [0.2, 0.25) is 0 Å². The number of carbonyl (C=O) groups excluding carboxylic acids is 1. The summed E-state index contributed by atoms with van der Waals surface area (Å²) in [6, 6.07) is 7.63. The predicted molar refractivity (Wildman–Crippen MR) is 203 cm³/mol. The molecule has 4 bridgehead atoms. The van der Waals surface area contributed by atoms with Crippen LogP contribution in [0.5, 0.6) is 0 Å². The lowest BCUT2D eigenvalue weighted by atomic mass is 9.55. The lowest BCUT2D eigenvalue weighted by Gasteiger charge is -2.62. The molecule has 3 aliphatic heterocycles. The van der Waals surface area contributed by atoms with Crippen LogP contribution in [0.3, 0.4) is 0 Å². The van der Waals surface area contributed by atoms with Crippen molar-refractivity contribution in [3.8, 4) is 0 Å². The molecule has 3 saturated heterocycles. The summed E-state index contributed by atoms with van der Waals surface area (Å²) < 4.78 is 0.412. The molecule has 10 nitrogen and oxygen atoms in total. The minimum Gasteiger partial charge on any atom is -0.326 e. The zero-order valence-corrected chi connectivity index (χ0v) is 31.3. The monoisotopic (exact) mass is 708 g/mol. The van der Waals surface area contributed by atoms with Crippen LogP contribution in [0, 0.1) is 23.7 Å². The van der Waals surface area contributed by atoms with Crippen molar-refractivity contribution in [2.45, 2.75) is 76.3 Å². The number of allylic oxidation sites excluding steroid dienone is 2. The molecular formula is C42H58N7O3+. The third kappa shape index (κ3) is 5.18. The molecule has 5 heterocycles. The molecule has 1 amide bonds. The lowest BCUT2D eigenvalue weighted by Crippen LogP contribution is -2.75. The predicted octanol–water partition coefficient (Wildman–Crippen LogP) is 3.24. The van der Waals surface area contributed by atoms with Gasteiger partial charge in [0.15, 0.2) is 0 Å². The zero-order chi connectivity index (χ0) is 35.8. The van der Waals surface area contributed by atoms with Crippen LogP contribution in [0.25, 0.3) is 0 Å². The number of aromatic nitrogens is 2. The van der Waals surface area contributed by atoms with Gasteiger partial charge in [-0.2, -0.15) is 0 Å². The van der Waals surface area contributed by atoms with Gasteiger partial charge in [0.2, 0.25) is 11.1 Å². The first-order valence-electron chi connectivity index (χ1n) is 20.3. The van der Waals surface area contributed by atoms with E-state index in [2.05, 4.69) is 62.8 Å². The third-order valence-corrected chi connectivity index (χ3v) is 15.1. The number of piperidine rings is 2. The van der Waals surface area contributed by atoms with Gasteiger partial charge in [0.05, 0.1) is 18.6 Å². The molecule has 0 radical (unpaired) electrons. The normalized spacial score (nSPS) is 35.8. The quantitative estimate of drug-likeness (QED) is 0.299. The van der Waals surface area contributed by atoms with Crippen molar-refractivity contribution >= 4 is 5.91 Å². The fourth-order valence-corrected chi connectivity index (χ4v) is 13.2. The highest BCUT2D eigenvalue weighted by atomic mass is 16.2. The molecule has 0 spiro atoms. The number of pyridine rings is 2. The van der Waals surface area contributed by atoms with E-state index < -0.39 is 0 Å². The smallest absolute Gasteiger partial charge is 0.326 e. The number of piperazine rings is 1. The second kappa shape index (κ2) is 13.0. The number of fused-ring (bicyclic) bond motifs is 2. The van der Waals surface area contributed by atoms with Crippen LogP contribution in [0.15, 0.2) is 57.2 Å². The average Bonchev–Trinajstić information content (AvgIpc) is 3.12. The van der Waals surface area contributed by atoms with Gasteiger partial charge >= 0.3 is 5.91 Å². The summed E-state index contributed by atoms with van der Waals surface area (Å²) in [4.78, 5) is 53.8. The molecule has 2 aromatic rings. The van der Waals surface area contributed by atoms with Gasteiger partial charge < -0.3 is 15.7 Å². The number of nitrogens with two attached hydrogens (primary N) is 1. The maximum absolute atomic E-state index is 14.4. The van der Waals surface area contributed by atoms with Crippen molar-refractivity contribution < 1.29 is 9.28 Å². The first-order chi connectivity index (χ1) is 25.2. The Hall–Kier alpha value is -3.15. The molecule has 52 heavy (non-hydrogen) atoms. The van der Waals surface area contributed by atoms with Crippen LogP contribution >= 0.6 is 0 Å². The van der Waals surface area contributed by atoms with Gasteiger partial charge in [0, 0.05) is 87.2 Å². The first-order valence-corrected chi connectivity index (χ1v) is 20.3. The van der Waals surface area contributed by atoms with Crippen LogP contribution < -0.4 is 16.9 Å². The standard InChI is InChI=1S/C42H57N7O3/c1-28-21-30-23-36-34(7-9-38(50)44-36)41(25-28)32(30)5-3-11-48(41)17-16-46-12-14-47(15-13-46)18-20-49(40(52)27-43)19-4-6-33-31-22-29(2)26-42(33,49)35-8-10-39(51)45-37(35)24-31/h7-10,21-22,30-33H,3-6,11-20,23-27,43H2,1-2H3,(H-,44,45,50,51)/p+1/t30?,31?,32-,33-,41-,42-,49?/m1/s1. The molecule has 3 unspecified atom stereocenters. The number of nitrogens with zero attached hydrogens (tertiary/aromatic N) is 4. The van der Waals surface area contributed by atoms with E-state index in [-0.39, 0.29) is 34.6 Å². The number of nitrogens with one attached hydrogen (secondary N) is 2. The molecule has 4 aliphatic carbocycles. The summed E-state index contributed by atoms with van der Waals surface area (Å²) in [5.41, 5.74) is 13.5. The summed E-state index contributed by atoms with van der Waals surface area (Å²) in [6.45, 7) is 14.3. The number of likely N-dealkylation sites (tertiary alicyclic amines) is 2. The van der Waals surface area contributed by atoms with E-state index in [4.69, 9.17) is 5.73 Å². The van der Waals surface area contributed by atoms with E-state index in [0.717, 1.165) is 115 Å². The SMILES string of the molecule is CC1=CC2Cc3[nH]c(=O)ccc3[C@@]3(C1)[C@@H]2CCCN3CCN1CCN(CC[N+]2(C(=O)CN)CCC[C@@H]3C4C=C(C)C[C@]32c2ccc(=O)[nH]c2C4)CC1. The number of rotatable bonds is 7. The highest BCUT2D eigenvalue weighted by molar-refractivity contribution is 5.72. The fraction of sp³-hybridized carbons (Fsp3) is 0.643. The van der Waals surface area contributed by atoms with Crippen LogP contribution in [-0.2, 0) is 28.7 Å². The van der Waals surface area contributed by atoms with E-state index in [1.165, 1.54) is 35.1 Å². The number of quaternary nitrogens is 1. The van der Waals surface area contributed by atoms with Gasteiger partial charge in [-0.05, 0) is 101 Å². The van der Waals surface area contributed by atoms with Gasteiger partial charge in [-0.15, -0.1) is 0 Å². The van der Waals surface area contributed by atoms with E-state index in [0.29, 0.717) is 28.2 Å². The summed E-state index contributed by atoms with van der Waals surface area (Å²) in [5.74, 6) is 1.97. The maximum Gasteiger partial charge on any atom is 0.328 e. The van der Waals surface area contributed by atoms with Gasteiger partial charge in [-0.1, -0.05) is 23.3 Å². The number of aromatic amines is 2. The average molecular weight is 709 g/mol. The number of carbonyl (C=O) groups is 1. The molecule has 278 valence electrons. The topological polar surface area (TPSA) is 119 Å². The molecule has 10 heteroatoms. The highest BCUT2D eigenvalue weighted by Crippen LogP contribution is 2.60. The summed E-state index contributed by atoms with van der Waals surface area (Å²) in [5, 5.41) is 0. The lowest BCUT2D eigenvalue weighted by molar-refractivity contribution is -0.927. The minimum absolute atomic E-state index is 0.0162. The molecule has 0 aromatic carbocycles. The minimum atomic E-state index is -0.375. The Bertz CT molecular complexity index is 1920. The van der Waals surface area contributed by atoms with Crippen molar-refractivity contribution in [1.82, 2.24) is 24.7 Å². The van der Waals surface area contributed by atoms with Crippen LogP contribution in [0.4, 0.5) is 0 Å². The number of H-pyrrole nitrogens is 2. The number of hydrogen-bond acceptors (Lipinski definition) is 7. The van der Waals surface area contributed by atoms with Crippen LogP contribution in [-0.4, -0.2) is 107 Å². The Morgan fingerprint density at radius 1 is 0.788 bits per heavy atom. The largest absolute Gasteiger partial charge is 0.328 e. The van der Waals surface area contributed by atoms with E-state index in [1.807, 2.05) is 0 Å². The van der Waals surface area contributed by atoms with Crippen molar-refractivity contribution in [2.24, 2.45) is 29.4 Å². The van der Waals surface area contributed by atoms with Gasteiger partial charge in [0.25, 0.3) is 0 Å². The second-order valence-electron chi connectivity index (χ2n) is 17.6. The van der Waals surface area contributed by atoms with Crippen molar-refractivity contribution in [3.63, 3.8) is 0 Å². The molecule has 7 aliphatic rings. The Balaban J connectivity index is 0.909. The third-order valence-electron chi connectivity index (χ3n) is 15.1. The molecule has 9 rings (SSSR count). The second-order valence-corrected chi connectivity index (χ2v) is 17.6. The first kappa shape index (κ1) is 34.6. The van der Waals surface area contributed by atoms with E-state index in [1.54, 1.807) is 12.1 Å². The zero-order valence-electron chi connectivity index (χ0n) is 31.3. The fourth-order valence-electron chi connectivity index (χ4n) is 13.2. The maximum atomic E-state index is 14.4. The van der Waals surface area contributed by atoms with Crippen molar-refractivity contribution in [1.29, 1.82) is 0 Å².